The summed E-state index contributed by atoms with van der Waals surface area (Å²) >= 11 is 0. The number of carbonyl (C=O) groups excluding carboxylic acids is 1. The minimum absolute atomic E-state index is 0.0896. The Morgan fingerprint density at radius 2 is 1.63 bits per heavy atom. The van der Waals surface area contributed by atoms with Crippen molar-refractivity contribution in [2.45, 2.75) is 72.3 Å². The Bertz CT molecular complexity index is 603. The van der Waals surface area contributed by atoms with E-state index < -0.39 is 17.1 Å². The van der Waals surface area contributed by atoms with Gasteiger partial charge in [-0.25, -0.2) is 0 Å². The van der Waals surface area contributed by atoms with Gasteiger partial charge in [0.05, 0.1) is 0 Å². The molecular formula is C22H41NO5Si2. The maximum absolute atomic E-state index is 12.5. The van der Waals surface area contributed by atoms with Gasteiger partial charge in [0.1, 0.15) is 6.54 Å². The Balaban J connectivity index is 2.88. The largest absolute Gasteiger partial charge is 0.519 e. The van der Waals surface area contributed by atoms with E-state index in [0.717, 1.165) is 18.5 Å². The monoisotopic (exact) mass is 455 g/mol. The molecule has 1 atom stereocenters. The normalized spacial score (nSPS) is 13.2. The Morgan fingerprint density at radius 3 is 2.13 bits per heavy atom. The van der Waals surface area contributed by atoms with Gasteiger partial charge in [-0.1, -0.05) is 25.1 Å². The van der Waals surface area contributed by atoms with Crippen molar-refractivity contribution in [2.24, 2.45) is 0 Å². The van der Waals surface area contributed by atoms with E-state index in [9.17, 15) is 4.79 Å². The molecule has 172 valence electrons. The van der Waals surface area contributed by atoms with Gasteiger partial charge in [0.15, 0.2) is 0 Å². The van der Waals surface area contributed by atoms with Gasteiger partial charge in [-0.15, -0.1) is 0 Å². The lowest BCUT2D eigenvalue weighted by Gasteiger charge is -2.32. The molecule has 0 saturated heterocycles. The zero-order valence-electron chi connectivity index (χ0n) is 19.9. The van der Waals surface area contributed by atoms with Crippen molar-refractivity contribution in [1.29, 1.82) is 0 Å². The molecule has 0 N–H and O–H groups in total. The van der Waals surface area contributed by atoms with Crippen molar-refractivity contribution in [2.75, 3.05) is 31.2 Å². The number of nitrogens with zero attached hydrogens (tertiary/aromatic N) is 1. The summed E-state index contributed by atoms with van der Waals surface area (Å²) < 4.78 is 24.1. The minimum atomic E-state index is -2.76. The Labute approximate surface area is 185 Å². The minimum Gasteiger partial charge on any atom is -0.519 e. The molecule has 6 nitrogen and oxygen atoms in total. The Morgan fingerprint density at radius 1 is 1.03 bits per heavy atom. The number of hydrogen-bond acceptors (Lipinski definition) is 6. The molecule has 0 fully saturated rings. The van der Waals surface area contributed by atoms with Crippen LogP contribution in [0.3, 0.4) is 0 Å². The zero-order valence-corrected chi connectivity index (χ0v) is 21.9. The molecule has 0 aliphatic rings. The van der Waals surface area contributed by atoms with Gasteiger partial charge in [-0.2, -0.15) is 0 Å². The molecule has 1 rings (SSSR count). The van der Waals surface area contributed by atoms with Crippen LogP contribution in [-0.2, 0) is 22.5 Å². The zero-order chi connectivity index (χ0) is 22.6. The highest BCUT2D eigenvalue weighted by molar-refractivity contribution is 6.71. The fourth-order valence-corrected chi connectivity index (χ4v) is 6.72. The third-order valence-electron chi connectivity index (χ3n) is 4.46. The van der Waals surface area contributed by atoms with Gasteiger partial charge in [-0.05, 0) is 65.4 Å². The Hall–Kier alpha value is -1.20. The van der Waals surface area contributed by atoms with E-state index in [1.54, 1.807) is 0 Å². The van der Waals surface area contributed by atoms with Crippen molar-refractivity contribution < 1.29 is 22.5 Å². The second-order valence-electron chi connectivity index (χ2n) is 8.33. The first-order chi connectivity index (χ1) is 14.1. The lowest BCUT2D eigenvalue weighted by molar-refractivity contribution is -0.133. The van der Waals surface area contributed by atoms with Crippen LogP contribution in [0, 0.1) is 0 Å². The average Bonchev–Trinajstić information content (AvgIpc) is 2.66. The second-order valence-corrected chi connectivity index (χ2v) is 15.4. The van der Waals surface area contributed by atoms with E-state index in [1.807, 2.05) is 63.8 Å². The van der Waals surface area contributed by atoms with Crippen LogP contribution in [0.5, 0.6) is 0 Å². The number of anilines is 1. The molecule has 1 aromatic carbocycles. The number of benzene rings is 1. The van der Waals surface area contributed by atoms with Crippen molar-refractivity contribution in [3.63, 3.8) is 0 Å². The molecule has 1 aromatic rings. The predicted octanol–water partition coefficient (Wildman–Crippen LogP) is 5.09. The highest BCUT2D eigenvalue weighted by atomic mass is 28.4. The molecule has 0 heterocycles. The Kier molecular flexibility index (Phi) is 11.9. The van der Waals surface area contributed by atoms with Gasteiger partial charge in [0.2, 0.25) is 8.32 Å². The molecule has 0 aromatic heterocycles. The molecule has 0 aliphatic carbocycles. The van der Waals surface area contributed by atoms with Crippen LogP contribution in [0.1, 0.15) is 40.5 Å². The summed E-state index contributed by atoms with van der Waals surface area (Å²) in [6.07, 6.45) is 1.80. The van der Waals surface area contributed by atoms with Crippen LogP contribution in [0.2, 0.25) is 25.7 Å². The van der Waals surface area contributed by atoms with Crippen LogP contribution < -0.4 is 4.90 Å². The SMILES string of the molecule is CCO[Si](CCCN(CC(=O)O[Si](C)(C)C)c1ccccc1)(OCC)OC(C)CC. The van der Waals surface area contributed by atoms with Crippen molar-refractivity contribution in [3.05, 3.63) is 30.3 Å². The van der Waals surface area contributed by atoms with Gasteiger partial charge in [0, 0.05) is 37.6 Å². The molecule has 30 heavy (non-hydrogen) atoms. The first-order valence-electron chi connectivity index (χ1n) is 11.1. The maximum atomic E-state index is 12.5. The van der Waals surface area contributed by atoms with E-state index in [2.05, 4.69) is 18.7 Å². The van der Waals surface area contributed by atoms with Crippen molar-refractivity contribution in [3.8, 4) is 0 Å². The van der Waals surface area contributed by atoms with Crippen LogP contribution >= 0.6 is 0 Å². The van der Waals surface area contributed by atoms with Gasteiger partial charge in [-0.3, -0.25) is 4.79 Å². The molecule has 8 heteroatoms. The predicted molar refractivity (Wildman–Crippen MR) is 127 cm³/mol. The van der Waals surface area contributed by atoms with E-state index in [1.165, 1.54) is 0 Å². The van der Waals surface area contributed by atoms with Gasteiger partial charge in [0.25, 0.3) is 0 Å². The molecular weight excluding hydrogens is 414 g/mol. The lowest BCUT2D eigenvalue weighted by atomic mass is 10.2. The van der Waals surface area contributed by atoms with Crippen molar-refractivity contribution in [1.82, 2.24) is 0 Å². The third-order valence-corrected chi connectivity index (χ3v) is 8.48. The number of carbonyl (C=O) groups is 1. The van der Waals surface area contributed by atoms with Crippen LogP contribution in [0.4, 0.5) is 5.69 Å². The topological polar surface area (TPSA) is 57.2 Å². The first kappa shape index (κ1) is 26.8. The smallest absolute Gasteiger partial charge is 0.501 e. The maximum Gasteiger partial charge on any atom is 0.501 e. The summed E-state index contributed by atoms with van der Waals surface area (Å²) in [5, 5.41) is 0. The molecule has 0 radical (unpaired) electrons. The fourth-order valence-electron chi connectivity index (χ4n) is 3.10. The average molecular weight is 456 g/mol. The summed E-state index contributed by atoms with van der Waals surface area (Å²) in [5.41, 5.74) is 1.01. The molecule has 0 amide bonds. The molecule has 0 bridgehead atoms. The van der Waals surface area contributed by atoms with Crippen molar-refractivity contribution >= 4 is 28.8 Å². The summed E-state index contributed by atoms with van der Waals surface area (Å²) in [6, 6.07) is 10.7. The summed E-state index contributed by atoms with van der Waals surface area (Å²) in [6.45, 7) is 16.2. The van der Waals surface area contributed by atoms with E-state index in [4.69, 9.17) is 17.7 Å². The number of rotatable bonds is 15. The van der Waals surface area contributed by atoms with E-state index in [-0.39, 0.29) is 18.6 Å². The number of para-hydroxylation sites is 1. The van der Waals surface area contributed by atoms with Crippen LogP contribution in [-0.4, -0.2) is 55.5 Å². The molecule has 0 saturated carbocycles. The van der Waals surface area contributed by atoms with E-state index >= 15 is 0 Å². The summed E-state index contributed by atoms with van der Waals surface area (Å²) in [4.78, 5) is 14.6. The second kappa shape index (κ2) is 13.3. The first-order valence-corrected chi connectivity index (χ1v) is 16.5. The fraction of sp³-hybridized carbons (Fsp3) is 0.682. The number of hydrogen-bond donors (Lipinski definition) is 0. The van der Waals surface area contributed by atoms with Gasteiger partial charge < -0.3 is 22.6 Å². The highest BCUT2D eigenvalue weighted by Gasteiger charge is 2.41. The van der Waals surface area contributed by atoms with Gasteiger partial charge >= 0.3 is 14.8 Å². The molecule has 0 aliphatic heterocycles. The van der Waals surface area contributed by atoms with Crippen LogP contribution in [0.25, 0.3) is 0 Å². The lowest BCUT2D eigenvalue weighted by Crippen LogP contribution is -2.48. The molecule has 0 spiro atoms. The van der Waals surface area contributed by atoms with Crippen LogP contribution in [0.15, 0.2) is 30.3 Å². The summed E-state index contributed by atoms with van der Waals surface area (Å²) in [7, 11) is -4.68. The standard InChI is InChI=1S/C22H41NO5Si2/c1-8-20(4)27-30(25-9-2,26-10-3)18-14-17-23(21-15-12-11-13-16-21)19-22(24)28-29(5,6)7/h11-13,15-16,20H,8-10,14,17-19H2,1-7H3. The third kappa shape index (κ3) is 10.2. The summed E-state index contributed by atoms with van der Waals surface area (Å²) in [5.74, 6) is -0.174. The molecule has 1 unspecified atom stereocenters. The quantitative estimate of drug-likeness (QED) is 0.343. The highest BCUT2D eigenvalue weighted by Crippen LogP contribution is 2.23. The van der Waals surface area contributed by atoms with E-state index in [0.29, 0.717) is 25.8 Å².